The van der Waals surface area contributed by atoms with Gasteiger partial charge in [-0.25, -0.2) is 0 Å². The maximum Gasteiger partial charge on any atom is 0.261 e. The maximum absolute atomic E-state index is 12.2. The Morgan fingerprint density at radius 3 is 1.94 bits per heavy atom. The zero-order valence-electron chi connectivity index (χ0n) is 10.9. The number of rotatable bonds is 2. The smallest absolute Gasteiger partial charge is 0.261 e. The van der Waals surface area contributed by atoms with Crippen LogP contribution in [0.15, 0.2) is 24.3 Å². The molecule has 2 unspecified atom stereocenters. The van der Waals surface area contributed by atoms with Gasteiger partial charge in [0.1, 0.15) is 0 Å². The van der Waals surface area contributed by atoms with Gasteiger partial charge in [-0.15, -0.1) is 0 Å². The van der Waals surface area contributed by atoms with E-state index in [1.54, 1.807) is 24.3 Å². The Hall–Kier alpha value is -1.64. The molecule has 1 heterocycles. The Kier molecular flexibility index (Phi) is 2.19. The predicted octanol–water partition coefficient (Wildman–Crippen LogP) is 2.57. The summed E-state index contributed by atoms with van der Waals surface area (Å²) >= 11 is 0. The Balaban J connectivity index is 1.85. The van der Waals surface area contributed by atoms with Crippen molar-refractivity contribution < 1.29 is 9.59 Å². The van der Waals surface area contributed by atoms with Crippen LogP contribution in [0.2, 0.25) is 0 Å². The Bertz CT molecular complexity index is 512. The van der Waals surface area contributed by atoms with E-state index in [-0.39, 0.29) is 17.2 Å². The summed E-state index contributed by atoms with van der Waals surface area (Å²) in [6.07, 6.45) is 0. The molecule has 0 saturated heterocycles. The first-order valence-corrected chi connectivity index (χ1v) is 6.40. The van der Waals surface area contributed by atoms with E-state index in [9.17, 15) is 9.59 Å². The molecule has 94 valence electrons. The van der Waals surface area contributed by atoms with Crippen molar-refractivity contribution in [1.29, 1.82) is 0 Å². The van der Waals surface area contributed by atoms with Gasteiger partial charge in [-0.2, -0.15) is 0 Å². The Labute approximate surface area is 107 Å². The highest BCUT2D eigenvalue weighted by Crippen LogP contribution is 2.58. The number of imide groups is 1. The number of hydrogen-bond acceptors (Lipinski definition) is 2. The van der Waals surface area contributed by atoms with Crippen molar-refractivity contribution in [3.8, 4) is 0 Å². The average Bonchev–Trinajstić information content (AvgIpc) is 2.71. The van der Waals surface area contributed by atoms with E-state index in [0.29, 0.717) is 29.5 Å². The lowest BCUT2D eigenvalue weighted by atomic mass is 10.1. The standard InChI is InChI=1S/C15H17NO2/c1-9-12(15(9,2)3)8-16-13(17)10-6-4-5-7-11(10)14(16)18/h4-7,9,12H,8H2,1-3H3. The van der Waals surface area contributed by atoms with E-state index in [1.807, 2.05) is 0 Å². The average molecular weight is 243 g/mol. The molecule has 0 aromatic heterocycles. The van der Waals surface area contributed by atoms with Gasteiger partial charge in [-0.3, -0.25) is 14.5 Å². The first-order chi connectivity index (χ1) is 8.44. The molecule has 2 amide bonds. The largest absolute Gasteiger partial charge is 0.274 e. The van der Waals surface area contributed by atoms with Crippen LogP contribution in [-0.2, 0) is 0 Å². The lowest BCUT2D eigenvalue weighted by Gasteiger charge is -2.14. The number of amides is 2. The molecule has 1 aromatic rings. The third-order valence-corrected chi connectivity index (χ3v) is 4.88. The summed E-state index contributed by atoms with van der Waals surface area (Å²) in [5.74, 6) is 0.734. The van der Waals surface area contributed by atoms with E-state index < -0.39 is 0 Å². The quantitative estimate of drug-likeness (QED) is 0.749. The van der Waals surface area contributed by atoms with Gasteiger partial charge in [0.25, 0.3) is 11.8 Å². The van der Waals surface area contributed by atoms with Crippen molar-refractivity contribution in [2.45, 2.75) is 20.8 Å². The van der Waals surface area contributed by atoms with Gasteiger partial charge in [-0.1, -0.05) is 32.9 Å². The highest BCUT2D eigenvalue weighted by molar-refractivity contribution is 6.21. The molecule has 0 radical (unpaired) electrons. The molecule has 1 aliphatic heterocycles. The normalized spacial score (nSPS) is 28.5. The third kappa shape index (κ3) is 1.36. The van der Waals surface area contributed by atoms with E-state index in [4.69, 9.17) is 0 Å². The second kappa shape index (κ2) is 3.44. The molecular formula is C15H17NO2. The topological polar surface area (TPSA) is 37.4 Å². The first kappa shape index (κ1) is 11.5. The molecule has 1 fully saturated rings. The molecule has 18 heavy (non-hydrogen) atoms. The molecule has 1 aromatic carbocycles. The van der Waals surface area contributed by atoms with Crippen LogP contribution in [0, 0.1) is 17.3 Å². The lowest BCUT2D eigenvalue weighted by molar-refractivity contribution is 0.0641. The lowest BCUT2D eigenvalue weighted by Crippen LogP contribution is -2.32. The third-order valence-electron chi connectivity index (χ3n) is 4.88. The van der Waals surface area contributed by atoms with Crippen LogP contribution in [0.3, 0.4) is 0 Å². The zero-order valence-corrected chi connectivity index (χ0v) is 10.9. The van der Waals surface area contributed by atoms with Gasteiger partial charge < -0.3 is 0 Å². The van der Waals surface area contributed by atoms with Crippen molar-refractivity contribution >= 4 is 11.8 Å². The molecule has 3 heteroatoms. The molecule has 1 saturated carbocycles. The number of benzene rings is 1. The van der Waals surface area contributed by atoms with Crippen LogP contribution in [-0.4, -0.2) is 23.3 Å². The van der Waals surface area contributed by atoms with Crippen molar-refractivity contribution in [1.82, 2.24) is 4.90 Å². The number of carbonyl (C=O) groups is 2. The summed E-state index contributed by atoms with van der Waals surface area (Å²) in [5, 5.41) is 0. The Morgan fingerprint density at radius 1 is 1.11 bits per heavy atom. The van der Waals surface area contributed by atoms with E-state index in [1.165, 1.54) is 4.90 Å². The molecule has 2 atom stereocenters. The predicted molar refractivity (Wildman–Crippen MR) is 68.2 cm³/mol. The first-order valence-electron chi connectivity index (χ1n) is 6.40. The summed E-state index contributed by atoms with van der Waals surface area (Å²) in [7, 11) is 0. The molecule has 3 nitrogen and oxygen atoms in total. The Morgan fingerprint density at radius 2 is 1.56 bits per heavy atom. The van der Waals surface area contributed by atoms with E-state index in [2.05, 4.69) is 20.8 Å². The van der Waals surface area contributed by atoms with Crippen molar-refractivity contribution in [2.24, 2.45) is 17.3 Å². The second-order valence-corrected chi connectivity index (χ2v) is 5.98. The van der Waals surface area contributed by atoms with Crippen LogP contribution in [0.1, 0.15) is 41.5 Å². The van der Waals surface area contributed by atoms with Crippen LogP contribution in [0.25, 0.3) is 0 Å². The fraction of sp³-hybridized carbons (Fsp3) is 0.467. The van der Waals surface area contributed by atoms with Gasteiger partial charge in [0, 0.05) is 6.54 Å². The summed E-state index contributed by atoms with van der Waals surface area (Å²) in [4.78, 5) is 25.8. The highest BCUT2D eigenvalue weighted by Gasteiger charge is 2.56. The molecule has 0 spiro atoms. The molecule has 0 N–H and O–H groups in total. The van der Waals surface area contributed by atoms with Crippen molar-refractivity contribution in [3.63, 3.8) is 0 Å². The minimum Gasteiger partial charge on any atom is -0.274 e. The molecular weight excluding hydrogens is 226 g/mol. The number of carbonyl (C=O) groups excluding carboxylic acids is 2. The van der Waals surface area contributed by atoms with Gasteiger partial charge in [0.05, 0.1) is 11.1 Å². The number of hydrogen-bond donors (Lipinski definition) is 0. The number of fused-ring (bicyclic) bond motifs is 1. The minimum atomic E-state index is -0.134. The molecule has 0 bridgehead atoms. The van der Waals surface area contributed by atoms with Gasteiger partial charge in [0.2, 0.25) is 0 Å². The van der Waals surface area contributed by atoms with Crippen molar-refractivity contribution in [3.05, 3.63) is 35.4 Å². The van der Waals surface area contributed by atoms with Crippen LogP contribution in [0.4, 0.5) is 0 Å². The SMILES string of the molecule is CC1C(CN2C(=O)c3ccccc3C2=O)C1(C)C. The summed E-state index contributed by atoms with van der Waals surface area (Å²) < 4.78 is 0. The molecule has 1 aliphatic carbocycles. The fourth-order valence-electron chi connectivity index (χ4n) is 3.01. The van der Waals surface area contributed by atoms with Crippen molar-refractivity contribution in [2.75, 3.05) is 6.54 Å². The van der Waals surface area contributed by atoms with Gasteiger partial charge >= 0.3 is 0 Å². The maximum atomic E-state index is 12.2. The van der Waals surface area contributed by atoms with Gasteiger partial charge in [-0.05, 0) is 29.4 Å². The van der Waals surface area contributed by atoms with E-state index >= 15 is 0 Å². The zero-order chi connectivity index (χ0) is 13.1. The summed E-state index contributed by atoms with van der Waals surface area (Å²) in [5.41, 5.74) is 1.34. The minimum absolute atomic E-state index is 0.134. The number of nitrogens with zero attached hydrogens (tertiary/aromatic N) is 1. The van der Waals surface area contributed by atoms with Gasteiger partial charge in [0.15, 0.2) is 0 Å². The van der Waals surface area contributed by atoms with Crippen LogP contribution >= 0.6 is 0 Å². The molecule has 3 rings (SSSR count). The summed E-state index contributed by atoms with van der Waals surface area (Å²) in [6, 6.07) is 7.07. The van der Waals surface area contributed by atoms with E-state index in [0.717, 1.165) is 0 Å². The van der Waals surface area contributed by atoms with Crippen LogP contribution in [0.5, 0.6) is 0 Å². The highest BCUT2D eigenvalue weighted by atomic mass is 16.2. The monoisotopic (exact) mass is 243 g/mol. The molecule has 2 aliphatic rings. The van der Waals surface area contributed by atoms with Crippen LogP contribution < -0.4 is 0 Å². The fourth-order valence-corrected chi connectivity index (χ4v) is 3.01. The second-order valence-electron chi connectivity index (χ2n) is 5.98. The summed E-state index contributed by atoms with van der Waals surface area (Å²) in [6.45, 7) is 7.13.